The number of likely N-dealkylation sites (N-methyl/N-ethyl adjacent to an activating group) is 2. The Labute approximate surface area is 293 Å². The highest BCUT2D eigenvalue weighted by Crippen LogP contribution is 2.47. The van der Waals surface area contributed by atoms with Crippen molar-refractivity contribution in [1.82, 2.24) is 0 Å². The van der Waals surface area contributed by atoms with Crippen molar-refractivity contribution >= 4 is 7.82 Å². The molecule has 0 radical (unpaired) electrons. The highest BCUT2D eigenvalue weighted by atomic mass is 31.2. The van der Waals surface area contributed by atoms with Crippen LogP contribution in [0.1, 0.15) is 110 Å². The Hall–Kier alpha value is -0.210. The summed E-state index contributed by atoms with van der Waals surface area (Å²) in [5.41, 5.74) is 0. The van der Waals surface area contributed by atoms with E-state index >= 15 is 0 Å². The summed E-state index contributed by atoms with van der Waals surface area (Å²) in [5.74, 6) is -3.64. The summed E-state index contributed by atoms with van der Waals surface area (Å²) < 4.78 is 54.7. The Morgan fingerprint density at radius 1 is 0.646 bits per heavy atom. The average molecular weight is 713 g/mol. The van der Waals surface area contributed by atoms with Gasteiger partial charge in [-0.3, -0.25) is 0 Å². The van der Waals surface area contributed by atoms with Crippen LogP contribution in [0, 0.1) is 0 Å². The highest BCUT2D eigenvalue weighted by Gasteiger charge is 2.72. The third-order valence-electron chi connectivity index (χ3n) is 8.81. The number of methoxy groups -OCH3 is 2. The SMILES string of the molecule is CCCCCCCCCCCCCCCCCCO[C@]1(OCC[N+](C)(C)C)[C@@H](OC)[C@@H](COP(=O)([O-])[O-])O[C@@]1(OC)OCC[N+](C)(C)C. The lowest BCUT2D eigenvalue weighted by Crippen LogP contribution is -2.64. The Morgan fingerprint density at radius 3 is 1.46 bits per heavy atom. The molecule has 1 aliphatic heterocycles. The Bertz CT molecular complexity index is 865. The van der Waals surface area contributed by atoms with Gasteiger partial charge in [-0.1, -0.05) is 103 Å². The number of quaternary nitrogens is 2. The van der Waals surface area contributed by atoms with E-state index < -0.39 is 38.4 Å². The van der Waals surface area contributed by atoms with Crippen molar-refractivity contribution in [2.45, 2.75) is 134 Å². The van der Waals surface area contributed by atoms with E-state index in [9.17, 15) is 14.4 Å². The van der Waals surface area contributed by atoms with Gasteiger partial charge in [0.15, 0.2) is 0 Å². The van der Waals surface area contributed by atoms with Crippen LogP contribution in [0.5, 0.6) is 0 Å². The molecule has 1 fully saturated rings. The van der Waals surface area contributed by atoms with Gasteiger partial charge in [0.1, 0.15) is 31.9 Å². The van der Waals surface area contributed by atoms with Crippen molar-refractivity contribution in [3.63, 3.8) is 0 Å². The molecule has 0 aromatic rings. The van der Waals surface area contributed by atoms with Crippen LogP contribution in [-0.4, -0.2) is 129 Å². The molecule has 0 spiro atoms. The zero-order valence-electron chi connectivity index (χ0n) is 32.1. The molecule has 0 bridgehead atoms. The normalized spacial score (nSPS) is 23.7. The fourth-order valence-electron chi connectivity index (χ4n) is 5.92. The van der Waals surface area contributed by atoms with Crippen molar-refractivity contribution in [1.29, 1.82) is 0 Å². The van der Waals surface area contributed by atoms with Gasteiger partial charge in [-0.05, 0) is 6.42 Å². The van der Waals surface area contributed by atoms with E-state index in [0.29, 0.717) is 28.7 Å². The molecule has 4 atom stereocenters. The molecule has 0 aromatic heterocycles. The first-order valence-corrected chi connectivity index (χ1v) is 20.0. The van der Waals surface area contributed by atoms with Gasteiger partial charge in [0, 0.05) is 14.2 Å². The van der Waals surface area contributed by atoms with E-state index in [4.69, 9.17) is 28.4 Å². The average Bonchev–Trinajstić information content (AvgIpc) is 3.24. The van der Waals surface area contributed by atoms with E-state index in [2.05, 4.69) is 11.4 Å². The van der Waals surface area contributed by atoms with Crippen LogP contribution in [0.15, 0.2) is 0 Å². The smallest absolute Gasteiger partial charge is 0.344 e. The minimum absolute atomic E-state index is 0.214. The molecule has 288 valence electrons. The van der Waals surface area contributed by atoms with Crippen LogP contribution in [0.2, 0.25) is 0 Å². The second-order valence-electron chi connectivity index (χ2n) is 15.4. The number of rotatable bonds is 31. The van der Waals surface area contributed by atoms with Gasteiger partial charge in [0.05, 0.1) is 69.9 Å². The first kappa shape index (κ1) is 45.8. The van der Waals surface area contributed by atoms with E-state index in [1.807, 2.05) is 42.3 Å². The fraction of sp³-hybridized carbons (Fsp3) is 1.00. The maximum atomic E-state index is 11.4. The molecule has 1 aliphatic rings. The lowest BCUT2D eigenvalue weighted by Gasteiger charge is -2.43. The molecular weight excluding hydrogens is 639 g/mol. The van der Waals surface area contributed by atoms with Crippen LogP contribution in [0.3, 0.4) is 0 Å². The summed E-state index contributed by atoms with van der Waals surface area (Å²) in [7, 11) is 9.81. The Morgan fingerprint density at radius 2 is 1.06 bits per heavy atom. The van der Waals surface area contributed by atoms with Crippen molar-refractivity contribution < 1.29 is 56.3 Å². The molecule has 0 aromatic carbocycles. The van der Waals surface area contributed by atoms with Crippen LogP contribution in [0.4, 0.5) is 0 Å². The van der Waals surface area contributed by atoms with E-state index in [-0.39, 0.29) is 13.2 Å². The minimum atomic E-state index is -5.29. The molecule has 1 rings (SSSR count). The molecule has 0 saturated carbocycles. The third-order valence-corrected chi connectivity index (χ3v) is 9.28. The van der Waals surface area contributed by atoms with Gasteiger partial charge in [0.25, 0.3) is 5.79 Å². The molecule has 48 heavy (non-hydrogen) atoms. The molecule has 0 N–H and O–H groups in total. The number of nitrogens with zero attached hydrogens (tertiary/aromatic N) is 2. The van der Waals surface area contributed by atoms with Crippen molar-refractivity contribution in [3.8, 4) is 0 Å². The molecule has 0 unspecified atom stereocenters. The minimum Gasteiger partial charge on any atom is -0.790 e. The predicted molar refractivity (Wildman–Crippen MR) is 185 cm³/mol. The number of phosphoric acid groups is 1. The van der Waals surface area contributed by atoms with E-state index in [0.717, 1.165) is 19.3 Å². The molecule has 1 heterocycles. The van der Waals surface area contributed by atoms with Gasteiger partial charge >= 0.3 is 5.97 Å². The van der Waals surface area contributed by atoms with Crippen molar-refractivity contribution in [2.75, 3.05) is 96.0 Å². The Balaban J connectivity index is 2.81. The highest BCUT2D eigenvalue weighted by molar-refractivity contribution is 7.43. The van der Waals surface area contributed by atoms with Crippen LogP contribution in [0.25, 0.3) is 0 Å². The molecule has 13 heteroatoms. The number of hydrogen-bond acceptors (Lipinski definition) is 10. The van der Waals surface area contributed by atoms with Gasteiger partial charge in [-0.25, -0.2) is 0 Å². The number of hydrogen-bond donors (Lipinski definition) is 0. The molecule has 0 aliphatic carbocycles. The molecule has 1 saturated heterocycles. The maximum Gasteiger partial charge on any atom is 0.344 e. The summed E-state index contributed by atoms with van der Waals surface area (Å²) in [4.78, 5) is 22.8. The quantitative estimate of drug-likeness (QED) is 0.0421. The molecule has 12 nitrogen and oxygen atoms in total. The largest absolute Gasteiger partial charge is 0.790 e. The number of unbranched alkanes of at least 4 members (excludes halogenated alkanes) is 15. The monoisotopic (exact) mass is 713 g/mol. The predicted octanol–water partition coefficient (Wildman–Crippen LogP) is 4.97. The van der Waals surface area contributed by atoms with Crippen molar-refractivity contribution in [2.24, 2.45) is 0 Å². The van der Waals surface area contributed by atoms with Crippen molar-refractivity contribution in [3.05, 3.63) is 0 Å². The van der Waals surface area contributed by atoms with E-state index in [1.54, 1.807) is 0 Å². The van der Waals surface area contributed by atoms with Gasteiger partial charge in [-0.2, -0.15) is 0 Å². The van der Waals surface area contributed by atoms with E-state index in [1.165, 1.54) is 97.7 Å². The Kier molecular flexibility index (Phi) is 22.3. The van der Waals surface area contributed by atoms with Gasteiger partial charge < -0.3 is 56.3 Å². The lowest BCUT2D eigenvalue weighted by atomic mass is 10.0. The topological polar surface area (TPSA) is 128 Å². The summed E-state index contributed by atoms with van der Waals surface area (Å²) in [5, 5.41) is 0. The number of ether oxygens (including phenoxy) is 6. The first-order valence-electron chi connectivity index (χ1n) is 18.5. The summed E-state index contributed by atoms with van der Waals surface area (Å²) in [6, 6.07) is 0. The fourth-order valence-corrected chi connectivity index (χ4v) is 6.25. The van der Waals surface area contributed by atoms with Crippen LogP contribution >= 0.6 is 7.82 Å². The first-order chi connectivity index (χ1) is 22.5. The van der Waals surface area contributed by atoms with Gasteiger partial charge in [-0.15, -0.1) is 0 Å². The summed E-state index contributed by atoms with van der Waals surface area (Å²) in [6.45, 7) is 3.66. The standard InChI is InChI=1S/C35H73N2O10P/c1-10-11-12-13-14-15-16-17-18-19-20-21-22-23-24-25-28-43-34(44-29-26-36(2,3)4)33(41-8)32(31-46-48(38,39)40)47-35(34,42-9)45-30-27-37(5,6)7/h32-33H,10-31H2,1-9H3/t32-,33+,34+,35+/m1/s1. The zero-order valence-corrected chi connectivity index (χ0v) is 33.0. The molecule has 0 amide bonds. The van der Waals surface area contributed by atoms with Crippen LogP contribution < -0.4 is 9.79 Å². The number of phosphoric ester groups is 1. The molecular formula is C35H73N2O10P. The maximum absolute atomic E-state index is 11.4. The summed E-state index contributed by atoms with van der Waals surface area (Å²) >= 11 is 0. The second kappa shape index (κ2) is 23.4. The van der Waals surface area contributed by atoms with Crippen LogP contribution in [-0.2, 0) is 37.5 Å². The van der Waals surface area contributed by atoms with Gasteiger partial charge in [0.2, 0.25) is 0 Å². The lowest BCUT2D eigenvalue weighted by molar-refractivity contribution is -0.872. The zero-order chi connectivity index (χ0) is 36.2. The summed E-state index contributed by atoms with van der Waals surface area (Å²) in [6.07, 6.45) is 18.1. The second-order valence-corrected chi connectivity index (χ2v) is 16.5. The third kappa shape index (κ3) is 18.3.